The number of anilines is 2. The number of fused-ring (bicyclic) bond motifs is 1. The maximum absolute atomic E-state index is 5.43. The molecule has 1 heterocycles. The van der Waals surface area contributed by atoms with E-state index in [4.69, 9.17) is 17.0 Å². The monoisotopic (exact) mass is 367 g/mol. The van der Waals surface area contributed by atoms with E-state index in [0.717, 1.165) is 28.0 Å². The second kappa shape index (κ2) is 7.97. The molecule has 7 heteroatoms. The first-order valence-electron chi connectivity index (χ1n) is 8.34. The highest BCUT2D eigenvalue weighted by Gasteiger charge is 2.09. The first-order chi connectivity index (χ1) is 12.6. The molecule has 0 saturated heterocycles. The lowest BCUT2D eigenvalue weighted by molar-refractivity contribution is 0.340. The Hall–Kier alpha value is -2.93. The molecule has 0 aliphatic rings. The molecule has 0 radical (unpaired) electrons. The fourth-order valence-electron chi connectivity index (χ4n) is 2.53. The van der Waals surface area contributed by atoms with E-state index in [1.165, 1.54) is 0 Å². The van der Waals surface area contributed by atoms with Crippen molar-refractivity contribution >= 4 is 39.9 Å². The van der Waals surface area contributed by atoms with Crippen LogP contribution in [0.25, 0.3) is 10.9 Å². The number of thiocarbonyl (C=S) groups is 1. The summed E-state index contributed by atoms with van der Waals surface area (Å²) in [6, 6.07) is 15.5. The zero-order chi connectivity index (χ0) is 18.5. The summed E-state index contributed by atoms with van der Waals surface area (Å²) in [6.45, 7) is 4.57. The summed E-state index contributed by atoms with van der Waals surface area (Å²) in [6.07, 6.45) is 0. The summed E-state index contributed by atoms with van der Waals surface area (Å²) in [5.74, 6) is 1.38. The van der Waals surface area contributed by atoms with Gasteiger partial charge in [-0.25, -0.2) is 9.97 Å². The normalized spacial score (nSPS) is 10.4. The molecule has 0 bridgehead atoms. The molecule has 26 heavy (non-hydrogen) atoms. The molecule has 0 fully saturated rings. The standard InChI is InChI=1S/C19H21N5OS/c1-4-25-15-11-9-14(10-12-15)21-19(26)23-24(3)18-20-13(2)16-7-5-6-8-17(16)22-18/h5-12H,4H2,1-3H3,(H2,21,23,26). The third kappa shape index (κ3) is 4.18. The number of hydrogen-bond donors (Lipinski definition) is 2. The van der Waals surface area contributed by atoms with Crippen molar-refractivity contribution in [1.82, 2.24) is 15.4 Å². The van der Waals surface area contributed by atoms with Crippen molar-refractivity contribution in [3.8, 4) is 5.75 Å². The highest BCUT2D eigenvalue weighted by atomic mass is 32.1. The van der Waals surface area contributed by atoms with Crippen molar-refractivity contribution in [2.24, 2.45) is 0 Å². The van der Waals surface area contributed by atoms with Crippen LogP contribution in [0.1, 0.15) is 12.6 Å². The molecule has 0 saturated carbocycles. The summed E-state index contributed by atoms with van der Waals surface area (Å²) >= 11 is 5.37. The molecule has 134 valence electrons. The van der Waals surface area contributed by atoms with Crippen molar-refractivity contribution in [2.45, 2.75) is 13.8 Å². The lowest BCUT2D eigenvalue weighted by atomic mass is 10.2. The van der Waals surface area contributed by atoms with Crippen LogP contribution in [0.2, 0.25) is 0 Å². The van der Waals surface area contributed by atoms with Gasteiger partial charge in [-0.05, 0) is 56.4 Å². The minimum atomic E-state index is 0.450. The fraction of sp³-hybridized carbons (Fsp3) is 0.211. The number of aryl methyl sites for hydroxylation is 1. The number of hydrazine groups is 1. The Morgan fingerprint density at radius 2 is 1.85 bits per heavy atom. The highest BCUT2D eigenvalue weighted by Crippen LogP contribution is 2.18. The van der Waals surface area contributed by atoms with Crippen LogP contribution in [0.15, 0.2) is 48.5 Å². The number of nitrogens with one attached hydrogen (secondary N) is 2. The van der Waals surface area contributed by atoms with Gasteiger partial charge in [0.05, 0.1) is 17.8 Å². The molecule has 2 N–H and O–H groups in total. The van der Waals surface area contributed by atoms with Crippen molar-refractivity contribution in [1.29, 1.82) is 0 Å². The maximum Gasteiger partial charge on any atom is 0.244 e. The number of para-hydroxylation sites is 1. The van der Waals surface area contributed by atoms with Gasteiger partial charge in [0, 0.05) is 18.1 Å². The molecule has 1 aromatic heterocycles. The maximum atomic E-state index is 5.43. The summed E-state index contributed by atoms with van der Waals surface area (Å²) in [5, 5.41) is 6.32. The molecule has 0 aliphatic heterocycles. The van der Waals surface area contributed by atoms with Crippen LogP contribution in [0, 0.1) is 6.92 Å². The molecule has 3 rings (SSSR count). The van der Waals surface area contributed by atoms with E-state index in [1.54, 1.807) is 5.01 Å². The number of aromatic nitrogens is 2. The van der Waals surface area contributed by atoms with Crippen molar-refractivity contribution in [3.63, 3.8) is 0 Å². The van der Waals surface area contributed by atoms with Crippen LogP contribution < -0.4 is 20.5 Å². The summed E-state index contributed by atoms with van der Waals surface area (Å²) in [4.78, 5) is 9.12. The Balaban J connectivity index is 1.67. The number of benzene rings is 2. The SMILES string of the molecule is CCOc1ccc(NC(=S)NN(C)c2nc(C)c3ccccc3n2)cc1. The van der Waals surface area contributed by atoms with E-state index in [2.05, 4.69) is 20.7 Å². The molecule has 3 aromatic rings. The average molecular weight is 367 g/mol. The van der Waals surface area contributed by atoms with Crippen LogP contribution in [0.5, 0.6) is 5.75 Å². The van der Waals surface area contributed by atoms with E-state index in [0.29, 0.717) is 17.7 Å². The predicted molar refractivity (Wildman–Crippen MR) is 110 cm³/mol. The van der Waals surface area contributed by atoms with Crippen LogP contribution in [0.3, 0.4) is 0 Å². The second-order valence-corrected chi connectivity index (χ2v) is 6.12. The van der Waals surface area contributed by atoms with E-state index in [9.17, 15) is 0 Å². The van der Waals surface area contributed by atoms with Crippen LogP contribution >= 0.6 is 12.2 Å². The second-order valence-electron chi connectivity index (χ2n) is 5.71. The largest absolute Gasteiger partial charge is 0.494 e. The Bertz CT molecular complexity index is 913. The molecule has 0 amide bonds. The lowest BCUT2D eigenvalue weighted by Gasteiger charge is -2.21. The molecule has 0 spiro atoms. The lowest BCUT2D eigenvalue weighted by Crippen LogP contribution is -2.42. The van der Waals surface area contributed by atoms with Gasteiger partial charge < -0.3 is 10.1 Å². The van der Waals surface area contributed by atoms with Crippen molar-refractivity contribution in [3.05, 3.63) is 54.2 Å². The molecular formula is C19H21N5OS. The van der Waals surface area contributed by atoms with Gasteiger partial charge in [-0.3, -0.25) is 10.4 Å². The summed E-state index contributed by atoms with van der Waals surface area (Å²) in [7, 11) is 1.83. The predicted octanol–water partition coefficient (Wildman–Crippen LogP) is 3.67. The van der Waals surface area contributed by atoms with Gasteiger partial charge in [-0.2, -0.15) is 0 Å². The van der Waals surface area contributed by atoms with Gasteiger partial charge in [0.1, 0.15) is 5.75 Å². The van der Waals surface area contributed by atoms with Crippen LogP contribution in [-0.2, 0) is 0 Å². The third-order valence-electron chi connectivity index (χ3n) is 3.77. The van der Waals surface area contributed by atoms with E-state index in [-0.39, 0.29) is 0 Å². The van der Waals surface area contributed by atoms with E-state index in [1.807, 2.05) is 69.4 Å². The Morgan fingerprint density at radius 1 is 1.12 bits per heavy atom. The van der Waals surface area contributed by atoms with Gasteiger partial charge in [-0.15, -0.1) is 0 Å². The van der Waals surface area contributed by atoms with E-state index < -0.39 is 0 Å². The first-order valence-corrected chi connectivity index (χ1v) is 8.75. The zero-order valence-corrected chi connectivity index (χ0v) is 15.8. The Morgan fingerprint density at radius 3 is 2.58 bits per heavy atom. The van der Waals surface area contributed by atoms with Crippen LogP contribution in [-0.4, -0.2) is 28.7 Å². The minimum absolute atomic E-state index is 0.450. The number of ether oxygens (including phenoxy) is 1. The first kappa shape index (κ1) is 17.9. The number of nitrogens with zero attached hydrogens (tertiary/aromatic N) is 3. The Labute approximate surface area is 158 Å². The molecule has 0 atom stereocenters. The smallest absolute Gasteiger partial charge is 0.244 e. The third-order valence-corrected chi connectivity index (χ3v) is 3.97. The number of rotatable bonds is 5. The topological polar surface area (TPSA) is 62.3 Å². The zero-order valence-electron chi connectivity index (χ0n) is 15.0. The van der Waals surface area contributed by atoms with Gasteiger partial charge in [0.15, 0.2) is 5.11 Å². The van der Waals surface area contributed by atoms with Gasteiger partial charge in [0.2, 0.25) is 5.95 Å². The average Bonchev–Trinajstić information content (AvgIpc) is 2.63. The molecule has 0 unspecified atom stereocenters. The molecule has 2 aromatic carbocycles. The highest BCUT2D eigenvalue weighted by molar-refractivity contribution is 7.80. The Kier molecular flexibility index (Phi) is 5.48. The number of hydrogen-bond acceptors (Lipinski definition) is 5. The van der Waals surface area contributed by atoms with Crippen molar-refractivity contribution < 1.29 is 4.74 Å². The molecule has 6 nitrogen and oxygen atoms in total. The quantitative estimate of drug-likeness (QED) is 0.527. The summed E-state index contributed by atoms with van der Waals surface area (Å²) < 4.78 is 5.43. The van der Waals surface area contributed by atoms with Crippen LogP contribution in [0.4, 0.5) is 11.6 Å². The molecule has 0 aliphatic carbocycles. The van der Waals surface area contributed by atoms with Gasteiger partial charge >= 0.3 is 0 Å². The minimum Gasteiger partial charge on any atom is -0.494 e. The van der Waals surface area contributed by atoms with Gasteiger partial charge in [0.25, 0.3) is 0 Å². The molecular weight excluding hydrogens is 346 g/mol. The van der Waals surface area contributed by atoms with Crippen molar-refractivity contribution in [2.75, 3.05) is 24.0 Å². The fourth-order valence-corrected chi connectivity index (χ4v) is 2.79. The van der Waals surface area contributed by atoms with E-state index >= 15 is 0 Å². The summed E-state index contributed by atoms with van der Waals surface area (Å²) in [5.41, 5.74) is 5.76. The van der Waals surface area contributed by atoms with Gasteiger partial charge in [-0.1, -0.05) is 18.2 Å².